The zero-order chi connectivity index (χ0) is 18.7. The van der Waals surface area contributed by atoms with Crippen LogP contribution in [-0.2, 0) is 16.0 Å². The van der Waals surface area contributed by atoms with Gasteiger partial charge in [0, 0.05) is 24.9 Å². The van der Waals surface area contributed by atoms with Crippen molar-refractivity contribution < 1.29 is 14.0 Å². The molecule has 0 N–H and O–H groups in total. The van der Waals surface area contributed by atoms with E-state index in [1.807, 2.05) is 11.4 Å². The van der Waals surface area contributed by atoms with Gasteiger partial charge in [0.1, 0.15) is 12.4 Å². The van der Waals surface area contributed by atoms with Crippen LogP contribution < -0.4 is 0 Å². The molecular formula is C20H21FN2O2S. The van der Waals surface area contributed by atoms with Crippen molar-refractivity contribution in [3.63, 3.8) is 0 Å². The monoisotopic (exact) mass is 372 g/mol. The Labute approximate surface area is 156 Å². The minimum Gasteiger partial charge on any atom is -0.330 e. The van der Waals surface area contributed by atoms with Crippen LogP contribution in [-0.4, -0.2) is 41.2 Å². The smallest absolute Gasteiger partial charge is 0.243 e. The number of amides is 2. The highest BCUT2D eigenvalue weighted by Gasteiger charge is 2.33. The number of rotatable bonds is 5. The summed E-state index contributed by atoms with van der Waals surface area (Å²) < 4.78 is 13.4. The van der Waals surface area contributed by atoms with E-state index in [0.717, 1.165) is 17.5 Å². The number of halogens is 1. The van der Waals surface area contributed by atoms with Crippen molar-refractivity contribution in [3.05, 3.63) is 70.2 Å². The summed E-state index contributed by atoms with van der Waals surface area (Å²) in [5, 5.41) is 2.02. The van der Waals surface area contributed by atoms with Gasteiger partial charge in [-0.1, -0.05) is 18.2 Å². The number of hydrogen-bond acceptors (Lipinski definition) is 3. The Morgan fingerprint density at radius 1 is 1.35 bits per heavy atom. The highest BCUT2D eigenvalue weighted by Crippen LogP contribution is 2.37. The lowest BCUT2D eigenvalue weighted by Crippen LogP contribution is -2.46. The molecule has 1 aromatic heterocycles. The molecule has 1 aromatic carbocycles. The molecule has 0 spiro atoms. The lowest BCUT2D eigenvalue weighted by molar-refractivity contribution is -0.140. The lowest BCUT2D eigenvalue weighted by Gasteiger charge is -2.37. The molecule has 1 aliphatic heterocycles. The maximum atomic E-state index is 13.4. The number of fused-ring (bicyclic) bond motifs is 1. The fourth-order valence-corrected chi connectivity index (χ4v) is 4.21. The van der Waals surface area contributed by atoms with Crippen LogP contribution in [0.5, 0.6) is 0 Å². The van der Waals surface area contributed by atoms with Crippen LogP contribution in [0.15, 0.2) is 48.4 Å². The molecule has 2 amide bonds. The number of hydrogen-bond donors (Lipinski definition) is 0. The third kappa shape index (κ3) is 3.70. The van der Waals surface area contributed by atoms with E-state index < -0.39 is 0 Å². The summed E-state index contributed by atoms with van der Waals surface area (Å²) in [7, 11) is 0. The third-order valence-corrected chi connectivity index (χ3v) is 5.59. The lowest BCUT2D eigenvalue weighted by atomic mass is 9.93. The molecule has 4 nitrogen and oxygen atoms in total. The molecule has 2 heterocycles. The molecule has 0 fully saturated rings. The summed E-state index contributed by atoms with van der Waals surface area (Å²) in [5.74, 6) is -0.584. The quantitative estimate of drug-likeness (QED) is 0.755. The average Bonchev–Trinajstić information content (AvgIpc) is 3.10. The molecule has 26 heavy (non-hydrogen) atoms. The highest BCUT2D eigenvalue weighted by molar-refractivity contribution is 7.10. The van der Waals surface area contributed by atoms with E-state index >= 15 is 0 Å². The second kappa shape index (κ2) is 7.83. The van der Waals surface area contributed by atoms with Crippen LogP contribution >= 0.6 is 11.3 Å². The van der Waals surface area contributed by atoms with Gasteiger partial charge in [-0.15, -0.1) is 17.9 Å². The molecule has 136 valence electrons. The minimum absolute atomic E-state index is 0.0124. The standard InChI is InChI=1S/C20H21FN2O2S/c1-3-10-22(14(2)24)13-19(25)23-11-8-18-17(9-12-26-18)20(23)15-4-6-16(21)7-5-15/h3-7,9,12,20H,1,8,10-11,13H2,2H3/t20-/m0/s1. The van der Waals surface area contributed by atoms with Gasteiger partial charge in [-0.2, -0.15) is 0 Å². The van der Waals surface area contributed by atoms with Crippen molar-refractivity contribution in [1.82, 2.24) is 9.80 Å². The molecule has 0 radical (unpaired) electrons. The van der Waals surface area contributed by atoms with Crippen molar-refractivity contribution in [2.45, 2.75) is 19.4 Å². The second-order valence-corrected chi connectivity index (χ2v) is 7.28. The molecule has 3 rings (SSSR count). The SMILES string of the molecule is C=CCN(CC(=O)N1CCc2sccc2[C@@H]1c1ccc(F)cc1)C(C)=O. The van der Waals surface area contributed by atoms with E-state index in [2.05, 4.69) is 6.58 Å². The van der Waals surface area contributed by atoms with Gasteiger partial charge in [0.25, 0.3) is 0 Å². The first-order valence-electron chi connectivity index (χ1n) is 8.49. The van der Waals surface area contributed by atoms with E-state index in [0.29, 0.717) is 13.1 Å². The maximum Gasteiger partial charge on any atom is 0.243 e. The van der Waals surface area contributed by atoms with Gasteiger partial charge < -0.3 is 9.80 Å². The Bertz CT molecular complexity index is 815. The summed E-state index contributed by atoms with van der Waals surface area (Å²) in [6, 6.07) is 8.05. The Balaban J connectivity index is 1.91. The van der Waals surface area contributed by atoms with E-state index in [-0.39, 0.29) is 30.2 Å². The van der Waals surface area contributed by atoms with Crippen LogP contribution in [0.1, 0.15) is 29.0 Å². The summed E-state index contributed by atoms with van der Waals surface area (Å²) >= 11 is 1.68. The fraction of sp³-hybridized carbons (Fsp3) is 0.300. The van der Waals surface area contributed by atoms with Crippen molar-refractivity contribution in [1.29, 1.82) is 0 Å². The Morgan fingerprint density at radius 3 is 2.73 bits per heavy atom. The van der Waals surface area contributed by atoms with Crippen LogP contribution in [0.4, 0.5) is 4.39 Å². The van der Waals surface area contributed by atoms with E-state index in [1.54, 1.807) is 34.4 Å². The summed E-state index contributed by atoms with van der Waals surface area (Å²) in [4.78, 5) is 29.3. The predicted octanol–water partition coefficient (Wildman–Crippen LogP) is 3.40. The van der Waals surface area contributed by atoms with Crippen molar-refractivity contribution in [2.24, 2.45) is 0 Å². The highest BCUT2D eigenvalue weighted by atomic mass is 32.1. The van der Waals surface area contributed by atoms with Gasteiger partial charge >= 0.3 is 0 Å². The number of carbonyl (C=O) groups excluding carboxylic acids is 2. The van der Waals surface area contributed by atoms with Crippen molar-refractivity contribution in [3.8, 4) is 0 Å². The van der Waals surface area contributed by atoms with E-state index in [1.165, 1.54) is 28.8 Å². The van der Waals surface area contributed by atoms with Gasteiger partial charge in [0.05, 0.1) is 6.04 Å². The first kappa shape index (κ1) is 18.3. The van der Waals surface area contributed by atoms with Gasteiger partial charge in [0.2, 0.25) is 11.8 Å². The van der Waals surface area contributed by atoms with Gasteiger partial charge in [-0.05, 0) is 41.1 Å². The largest absolute Gasteiger partial charge is 0.330 e. The fourth-order valence-electron chi connectivity index (χ4n) is 3.30. The normalized spacial score (nSPS) is 16.1. The number of carbonyl (C=O) groups is 2. The molecule has 1 atom stereocenters. The zero-order valence-corrected chi connectivity index (χ0v) is 15.5. The Morgan fingerprint density at radius 2 is 2.08 bits per heavy atom. The maximum absolute atomic E-state index is 13.4. The second-order valence-electron chi connectivity index (χ2n) is 6.28. The zero-order valence-electron chi connectivity index (χ0n) is 14.7. The van der Waals surface area contributed by atoms with Gasteiger partial charge in [0.15, 0.2) is 0 Å². The Hall–Kier alpha value is -2.47. The van der Waals surface area contributed by atoms with Crippen molar-refractivity contribution >= 4 is 23.2 Å². The predicted molar refractivity (Wildman–Crippen MR) is 100 cm³/mol. The Kier molecular flexibility index (Phi) is 5.52. The first-order valence-corrected chi connectivity index (χ1v) is 9.37. The van der Waals surface area contributed by atoms with E-state index in [9.17, 15) is 14.0 Å². The van der Waals surface area contributed by atoms with Crippen LogP contribution in [0.3, 0.4) is 0 Å². The van der Waals surface area contributed by atoms with Crippen LogP contribution in [0, 0.1) is 5.82 Å². The minimum atomic E-state index is -0.304. The number of thiophene rings is 1. The molecule has 1 aliphatic rings. The molecule has 6 heteroatoms. The average molecular weight is 372 g/mol. The van der Waals surface area contributed by atoms with Gasteiger partial charge in [-0.25, -0.2) is 4.39 Å². The molecular weight excluding hydrogens is 351 g/mol. The number of benzene rings is 1. The molecule has 2 aromatic rings. The topological polar surface area (TPSA) is 40.6 Å². The molecule has 0 saturated heterocycles. The van der Waals surface area contributed by atoms with Gasteiger partial charge in [-0.3, -0.25) is 9.59 Å². The van der Waals surface area contributed by atoms with E-state index in [4.69, 9.17) is 0 Å². The first-order chi connectivity index (χ1) is 12.5. The molecule has 0 aliphatic carbocycles. The summed E-state index contributed by atoms with van der Waals surface area (Å²) in [6.07, 6.45) is 2.40. The van der Waals surface area contributed by atoms with Crippen LogP contribution in [0.25, 0.3) is 0 Å². The molecule has 0 saturated carbocycles. The molecule has 0 unspecified atom stereocenters. The molecule has 0 bridgehead atoms. The number of nitrogens with zero attached hydrogens (tertiary/aromatic N) is 2. The summed E-state index contributed by atoms with van der Waals surface area (Å²) in [6.45, 7) is 6.01. The summed E-state index contributed by atoms with van der Waals surface area (Å²) in [5.41, 5.74) is 1.96. The van der Waals surface area contributed by atoms with Crippen LogP contribution in [0.2, 0.25) is 0 Å². The van der Waals surface area contributed by atoms with Crippen molar-refractivity contribution in [2.75, 3.05) is 19.6 Å². The third-order valence-electron chi connectivity index (χ3n) is 4.59.